The van der Waals surface area contributed by atoms with Crippen LogP contribution in [0.2, 0.25) is 0 Å². The van der Waals surface area contributed by atoms with Crippen LogP contribution in [0.15, 0.2) is 40.9 Å². The third-order valence-corrected chi connectivity index (χ3v) is 4.99. The van der Waals surface area contributed by atoms with Crippen LogP contribution in [-0.4, -0.2) is 40.1 Å². The largest absolute Gasteiger partial charge is 0.481 e. The summed E-state index contributed by atoms with van der Waals surface area (Å²) in [6.07, 6.45) is 2.13. The summed E-state index contributed by atoms with van der Waals surface area (Å²) < 4.78 is 5.21. The molecule has 2 fully saturated rings. The number of aromatic nitrogens is 1. The third-order valence-electron chi connectivity index (χ3n) is 4.99. The first kappa shape index (κ1) is 14.9. The second-order valence-corrected chi connectivity index (χ2v) is 6.60. The zero-order valence-corrected chi connectivity index (χ0v) is 13.1. The van der Waals surface area contributed by atoms with Gasteiger partial charge in [0.1, 0.15) is 5.69 Å². The fourth-order valence-electron chi connectivity index (χ4n) is 3.53. The Morgan fingerprint density at radius 1 is 1.17 bits per heavy atom. The summed E-state index contributed by atoms with van der Waals surface area (Å²) in [5, 5.41) is 13.4. The van der Waals surface area contributed by atoms with Gasteiger partial charge in [-0.05, 0) is 24.7 Å². The molecule has 1 aromatic heterocycles. The minimum absolute atomic E-state index is 0.0583. The number of hydrogen-bond acceptors (Lipinski definition) is 4. The Morgan fingerprint density at radius 3 is 2.58 bits per heavy atom. The maximum atomic E-state index is 12.6. The van der Waals surface area contributed by atoms with Crippen LogP contribution in [0.3, 0.4) is 0 Å². The van der Waals surface area contributed by atoms with E-state index in [-0.39, 0.29) is 24.1 Å². The van der Waals surface area contributed by atoms with Gasteiger partial charge in [-0.1, -0.05) is 35.5 Å². The van der Waals surface area contributed by atoms with Crippen LogP contribution in [-0.2, 0) is 4.79 Å². The Balaban J connectivity index is 1.52. The van der Waals surface area contributed by atoms with Crippen molar-refractivity contribution in [1.82, 2.24) is 10.1 Å². The van der Waals surface area contributed by atoms with Crippen LogP contribution in [0.4, 0.5) is 0 Å². The molecule has 1 amide bonds. The molecule has 1 aliphatic heterocycles. The summed E-state index contributed by atoms with van der Waals surface area (Å²) >= 11 is 0. The Labute approximate surface area is 139 Å². The standard InChI is InChI=1S/C18H18N2O4/c21-17(16-8-15(19-24-16)12-4-2-1-3-5-12)20-9-13(11-6-7-11)14(10-20)18(22)23/h1-5,8,11,13-14H,6-7,9-10H2,(H,22,23)/t13-,14+/m1/s1. The molecule has 1 saturated carbocycles. The molecule has 6 nitrogen and oxygen atoms in total. The van der Waals surface area contributed by atoms with Crippen molar-refractivity contribution in [3.05, 3.63) is 42.2 Å². The molecule has 0 unspecified atom stereocenters. The third kappa shape index (κ3) is 2.68. The summed E-state index contributed by atoms with van der Waals surface area (Å²) in [5.41, 5.74) is 1.48. The average molecular weight is 326 g/mol. The quantitative estimate of drug-likeness (QED) is 0.933. The van der Waals surface area contributed by atoms with Crippen molar-refractivity contribution in [2.45, 2.75) is 12.8 Å². The number of nitrogens with zero attached hydrogens (tertiary/aromatic N) is 2. The molecule has 1 aromatic carbocycles. The van der Waals surface area contributed by atoms with Crippen LogP contribution in [0, 0.1) is 17.8 Å². The molecule has 0 spiro atoms. The number of carboxylic acids is 1. The van der Waals surface area contributed by atoms with E-state index in [1.807, 2.05) is 30.3 Å². The maximum absolute atomic E-state index is 12.6. The zero-order valence-electron chi connectivity index (χ0n) is 13.1. The first-order chi connectivity index (χ1) is 11.6. The van der Waals surface area contributed by atoms with Gasteiger partial charge in [-0.25, -0.2) is 0 Å². The van der Waals surface area contributed by atoms with Crippen LogP contribution in [0.5, 0.6) is 0 Å². The van der Waals surface area contributed by atoms with Crippen molar-refractivity contribution >= 4 is 11.9 Å². The molecule has 1 aliphatic carbocycles. The lowest BCUT2D eigenvalue weighted by Crippen LogP contribution is -2.29. The molecular formula is C18H18N2O4. The molecule has 24 heavy (non-hydrogen) atoms. The second kappa shape index (κ2) is 5.78. The molecule has 2 aromatic rings. The van der Waals surface area contributed by atoms with E-state index in [0.717, 1.165) is 18.4 Å². The van der Waals surface area contributed by atoms with Gasteiger partial charge in [0.2, 0.25) is 5.76 Å². The molecule has 124 valence electrons. The number of amides is 1. The predicted molar refractivity (Wildman–Crippen MR) is 85.2 cm³/mol. The van der Waals surface area contributed by atoms with E-state index in [0.29, 0.717) is 18.2 Å². The smallest absolute Gasteiger partial charge is 0.308 e. The molecule has 1 N–H and O–H groups in total. The van der Waals surface area contributed by atoms with Gasteiger partial charge in [0, 0.05) is 24.7 Å². The lowest BCUT2D eigenvalue weighted by molar-refractivity contribution is -0.142. The molecule has 2 atom stereocenters. The Bertz CT molecular complexity index is 766. The van der Waals surface area contributed by atoms with Crippen LogP contribution >= 0.6 is 0 Å². The van der Waals surface area contributed by atoms with E-state index in [4.69, 9.17) is 4.52 Å². The van der Waals surface area contributed by atoms with Crippen molar-refractivity contribution in [3.8, 4) is 11.3 Å². The Morgan fingerprint density at radius 2 is 1.92 bits per heavy atom. The minimum atomic E-state index is -0.815. The van der Waals surface area contributed by atoms with Gasteiger partial charge in [-0.3, -0.25) is 9.59 Å². The van der Waals surface area contributed by atoms with Gasteiger partial charge in [-0.15, -0.1) is 0 Å². The summed E-state index contributed by atoms with van der Waals surface area (Å²) in [4.78, 5) is 25.7. The maximum Gasteiger partial charge on any atom is 0.308 e. The van der Waals surface area contributed by atoms with Crippen molar-refractivity contribution in [2.24, 2.45) is 17.8 Å². The van der Waals surface area contributed by atoms with E-state index in [2.05, 4.69) is 5.16 Å². The predicted octanol–water partition coefficient (Wildman–Crippen LogP) is 2.52. The molecule has 0 bridgehead atoms. The molecular weight excluding hydrogens is 308 g/mol. The van der Waals surface area contributed by atoms with Gasteiger partial charge < -0.3 is 14.5 Å². The van der Waals surface area contributed by atoms with E-state index in [1.54, 1.807) is 11.0 Å². The summed E-state index contributed by atoms with van der Waals surface area (Å²) in [6, 6.07) is 11.1. The minimum Gasteiger partial charge on any atom is -0.481 e. The van der Waals surface area contributed by atoms with E-state index >= 15 is 0 Å². The van der Waals surface area contributed by atoms with Crippen molar-refractivity contribution < 1.29 is 19.2 Å². The van der Waals surface area contributed by atoms with E-state index in [9.17, 15) is 14.7 Å². The molecule has 6 heteroatoms. The van der Waals surface area contributed by atoms with Gasteiger partial charge in [0.15, 0.2) is 0 Å². The van der Waals surface area contributed by atoms with Crippen LogP contribution < -0.4 is 0 Å². The molecule has 0 radical (unpaired) electrons. The fraction of sp³-hybridized carbons (Fsp3) is 0.389. The highest BCUT2D eigenvalue weighted by atomic mass is 16.5. The lowest BCUT2D eigenvalue weighted by atomic mass is 9.92. The van der Waals surface area contributed by atoms with Crippen molar-refractivity contribution in [3.63, 3.8) is 0 Å². The zero-order chi connectivity index (χ0) is 16.7. The normalized spacial score (nSPS) is 23.4. The SMILES string of the molecule is O=C(O)[C@H]1CN(C(=O)c2cc(-c3ccccc3)no2)C[C@@H]1C1CC1. The molecule has 4 rings (SSSR count). The summed E-state index contributed by atoms with van der Waals surface area (Å²) in [7, 11) is 0. The van der Waals surface area contributed by atoms with Crippen molar-refractivity contribution in [1.29, 1.82) is 0 Å². The number of benzene rings is 1. The van der Waals surface area contributed by atoms with Crippen LogP contribution in [0.25, 0.3) is 11.3 Å². The first-order valence-electron chi connectivity index (χ1n) is 8.17. The number of rotatable bonds is 4. The highest BCUT2D eigenvalue weighted by Gasteiger charge is 2.47. The number of likely N-dealkylation sites (tertiary alicyclic amines) is 1. The number of carbonyl (C=O) groups excluding carboxylic acids is 1. The van der Waals surface area contributed by atoms with Crippen molar-refractivity contribution in [2.75, 3.05) is 13.1 Å². The number of aliphatic carboxylic acids is 1. The van der Waals surface area contributed by atoms with E-state index in [1.165, 1.54) is 0 Å². The molecule has 2 heterocycles. The molecule has 1 saturated heterocycles. The lowest BCUT2D eigenvalue weighted by Gasteiger charge is -2.13. The topological polar surface area (TPSA) is 83.6 Å². The van der Waals surface area contributed by atoms with Crippen LogP contribution in [0.1, 0.15) is 23.4 Å². The van der Waals surface area contributed by atoms with E-state index < -0.39 is 11.9 Å². The number of carbonyl (C=O) groups is 2. The van der Waals surface area contributed by atoms with Gasteiger partial charge in [0.25, 0.3) is 5.91 Å². The van der Waals surface area contributed by atoms with Gasteiger partial charge >= 0.3 is 5.97 Å². The van der Waals surface area contributed by atoms with Gasteiger partial charge in [0.05, 0.1) is 5.92 Å². The Kier molecular flexibility index (Phi) is 3.59. The summed E-state index contributed by atoms with van der Waals surface area (Å²) in [6.45, 7) is 0.735. The average Bonchev–Trinajstić information content (AvgIpc) is 3.15. The second-order valence-electron chi connectivity index (χ2n) is 6.60. The number of carboxylic acid groups (broad SMARTS) is 1. The highest BCUT2D eigenvalue weighted by Crippen LogP contribution is 2.44. The highest BCUT2D eigenvalue weighted by molar-refractivity contribution is 5.93. The summed E-state index contributed by atoms with van der Waals surface area (Å²) in [5.74, 6) is -0.905. The molecule has 2 aliphatic rings. The first-order valence-corrected chi connectivity index (χ1v) is 8.17. The number of hydrogen-bond donors (Lipinski definition) is 1. The monoisotopic (exact) mass is 326 g/mol. The fourth-order valence-corrected chi connectivity index (χ4v) is 3.53. The Hall–Kier alpha value is -2.63. The van der Waals surface area contributed by atoms with Gasteiger partial charge in [-0.2, -0.15) is 0 Å².